The van der Waals surface area contributed by atoms with Crippen LogP contribution in [0.3, 0.4) is 0 Å². The first-order chi connectivity index (χ1) is 6.86. The van der Waals surface area contributed by atoms with Crippen molar-refractivity contribution in [3.8, 4) is 5.75 Å². The highest BCUT2D eigenvalue weighted by Gasteiger charge is 1.96. The van der Waals surface area contributed by atoms with Gasteiger partial charge in [0, 0.05) is 6.20 Å². The van der Waals surface area contributed by atoms with Gasteiger partial charge in [-0.1, -0.05) is 6.92 Å². The van der Waals surface area contributed by atoms with E-state index in [-0.39, 0.29) is 0 Å². The Labute approximate surface area is 85.5 Å². The Morgan fingerprint density at radius 1 is 1.43 bits per heavy atom. The molecule has 1 heterocycles. The highest BCUT2D eigenvalue weighted by molar-refractivity contribution is 5.23. The van der Waals surface area contributed by atoms with Gasteiger partial charge in [-0.25, -0.2) is 0 Å². The summed E-state index contributed by atoms with van der Waals surface area (Å²) in [5.74, 6) is 0.839. The molecule has 1 aromatic rings. The Bertz CT molecular complexity index is 263. The van der Waals surface area contributed by atoms with E-state index in [0.29, 0.717) is 0 Å². The number of rotatable bonds is 6. The highest BCUT2D eigenvalue weighted by Crippen LogP contribution is 2.11. The number of hydrogen-bond donors (Lipinski definition) is 1. The molecule has 0 atom stereocenters. The Morgan fingerprint density at radius 2 is 2.29 bits per heavy atom. The monoisotopic (exact) mass is 194 g/mol. The van der Waals surface area contributed by atoms with Gasteiger partial charge in [-0.05, 0) is 37.6 Å². The van der Waals surface area contributed by atoms with Crippen molar-refractivity contribution in [1.29, 1.82) is 0 Å². The second kappa shape index (κ2) is 6.38. The number of pyridine rings is 1. The first-order valence-electron chi connectivity index (χ1n) is 5.05. The average Bonchev–Trinajstić information content (AvgIpc) is 2.25. The molecule has 1 aromatic heterocycles. The number of methoxy groups -OCH3 is 1. The van der Waals surface area contributed by atoms with Crippen LogP contribution in [0.2, 0.25) is 0 Å². The zero-order valence-electron chi connectivity index (χ0n) is 8.92. The van der Waals surface area contributed by atoms with Crippen LogP contribution >= 0.6 is 0 Å². The smallest absolute Gasteiger partial charge is 0.137 e. The maximum Gasteiger partial charge on any atom is 0.137 e. The van der Waals surface area contributed by atoms with Gasteiger partial charge in [-0.2, -0.15) is 0 Å². The number of aryl methyl sites for hydroxylation is 1. The molecule has 3 heteroatoms. The van der Waals surface area contributed by atoms with Crippen molar-refractivity contribution < 1.29 is 4.74 Å². The van der Waals surface area contributed by atoms with Crippen LogP contribution in [0.1, 0.15) is 18.9 Å². The van der Waals surface area contributed by atoms with Crippen molar-refractivity contribution in [3.63, 3.8) is 0 Å². The van der Waals surface area contributed by atoms with Gasteiger partial charge in [-0.3, -0.25) is 4.98 Å². The van der Waals surface area contributed by atoms with E-state index in [2.05, 4.69) is 17.2 Å². The zero-order chi connectivity index (χ0) is 10.2. The van der Waals surface area contributed by atoms with E-state index in [1.54, 1.807) is 13.3 Å². The number of hydrogen-bond acceptors (Lipinski definition) is 3. The van der Waals surface area contributed by atoms with Gasteiger partial charge >= 0.3 is 0 Å². The molecule has 0 bridgehead atoms. The Balaban J connectivity index is 2.34. The number of ether oxygens (including phenoxy) is 1. The van der Waals surface area contributed by atoms with Gasteiger partial charge in [0.25, 0.3) is 0 Å². The third-order valence-electron chi connectivity index (χ3n) is 2.07. The van der Waals surface area contributed by atoms with Crippen LogP contribution in [0, 0.1) is 0 Å². The fourth-order valence-electron chi connectivity index (χ4n) is 1.31. The molecule has 0 fully saturated rings. The van der Waals surface area contributed by atoms with Crippen molar-refractivity contribution in [3.05, 3.63) is 24.0 Å². The van der Waals surface area contributed by atoms with E-state index < -0.39 is 0 Å². The molecule has 14 heavy (non-hydrogen) atoms. The molecule has 1 rings (SSSR count). The molecule has 0 radical (unpaired) electrons. The largest absolute Gasteiger partial charge is 0.495 e. The van der Waals surface area contributed by atoms with E-state index in [4.69, 9.17) is 4.74 Å². The minimum Gasteiger partial charge on any atom is -0.495 e. The van der Waals surface area contributed by atoms with Crippen LogP contribution in [0.5, 0.6) is 5.75 Å². The first kappa shape index (κ1) is 11.0. The fraction of sp³-hybridized carbons (Fsp3) is 0.545. The maximum atomic E-state index is 5.10. The van der Waals surface area contributed by atoms with Gasteiger partial charge in [0.05, 0.1) is 13.3 Å². The maximum absolute atomic E-state index is 5.10. The summed E-state index contributed by atoms with van der Waals surface area (Å²) in [4.78, 5) is 4.11. The van der Waals surface area contributed by atoms with Crippen LogP contribution in [0.15, 0.2) is 18.5 Å². The topological polar surface area (TPSA) is 34.2 Å². The summed E-state index contributed by atoms with van der Waals surface area (Å²) in [6.45, 7) is 4.22. The van der Waals surface area contributed by atoms with Crippen molar-refractivity contribution in [1.82, 2.24) is 10.3 Å². The molecule has 0 amide bonds. The Kier molecular flexibility index (Phi) is 5.00. The summed E-state index contributed by atoms with van der Waals surface area (Å²) < 4.78 is 5.10. The fourth-order valence-corrected chi connectivity index (χ4v) is 1.31. The molecule has 0 unspecified atom stereocenters. The van der Waals surface area contributed by atoms with Gasteiger partial charge in [-0.15, -0.1) is 0 Å². The zero-order valence-corrected chi connectivity index (χ0v) is 8.92. The lowest BCUT2D eigenvalue weighted by atomic mass is 10.1. The average molecular weight is 194 g/mol. The molecule has 78 valence electrons. The SMILES string of the molecule is CCNCCCc1cncc(OC)c1. The summed E-state index contributed by atoms with van der Waals surface area (Å²) in [7, 11) is 1.67. The molecular weight excluding hydrogens is 176 g/mol. The predicted octanol–water partition coefficient (Wildman–Crippen LogP) is 1.63. The van der Waals surface area contributed by atoms with Crippen LogP contribution in [-0.2, 0) is 6.42 Å². The quantitative estimate of drug-likeness (QED) is 0.699. The van der Waals surface area contributed by atoms with Crippen molar-refractivity contribution in [2.75, 3.05) is 20.2 Å². The number of aromatic nitrogens is 1. The van der Waals surface area contributed by atoms with E-state index in [1.807, 2.05) is 12.3 Å². The summed E-state index contributed by atoms with van der Waals surface area (Å²) in [6, 6.07) is 2.04. The van der Waals surface area contributed by atoms with E-state index in [0.717, 1.165) is 31.7 Å². The molecule has 0 saturated heterocycles. The third-order valence-corrected chi connectivity index (χ3v) is 2.07. The summed E-state index contributed by atoms with van der Waals surface area (Å²) >= 11 is 0. The molecule has 3 nitrogen and oxygen atoms in total. The lowest BCUT2D eigenvalue weighted by Gasteiger charge is -2.04. The van der Waals surface area contributed by atoms with E-state index >= 15 is 0 Å². The molecule has 0 aliphatic heterocycles. The number of nitrogens with one attached hydrogen (secondary N) is 1. The molecule has 0 saturated carbocycles. The van der Waals surface area contributed by atoms with Crippen LogP contribution in [0.25, 0.3) is 0 Å². The van der Waals surface area contributed by atoms with Crippen LogP contribution in [-0.4, -0.2) is 25.2 Å². The molecule has 1 N–H and O–H groups in total. The molecular formula is C11H18N2O. The minimum atomic E-state index is 0.839. The Hall–Kier alpha value is -1.09. The molecule has 0 spiro atoms. The number of nitrogens with zero attached hydrogens (tertiary/aromatic N) is 1. The minimum absolute atomic E-state index is 0.839. The van der Waals surface area contributed by atoms with Crippen LogP contribution < -0.4 is 10.1 Å². The second-order valence-electron chi connectivity index (χ2n) is 3.19. The third kappa shape index (κ3) is 3.75. The van der Waals surface area contributed by atoms with Gasteiger partial charge < -0.3 is 10.1 Å². The van der Waals surface area contributed by atoms with E-state index in [1.165, 1.54) is 5.56 Å². The molecule has 0 aromatic carbocycles. The van der Waals surface area contributed by atoms with Gasteiger partial charge in [0.1, 0.15) is 5.75 Å². The lowest BCUT2D eigenvalue weighted by molar-refractivity contribution is 0.412. The summed E-state index contributed by atoms with van der Waals surface area (Å²) in [6.07, 6.45) is 5.82. The summed E-state index contributed by atoms with van der Waals surface area (Å²) in [5.41, 5.74) is 1.24. The second-order valence-corrected chi connectivity index (χ2v) is 3.19. The van der Waals surface area contributed by atoms with Crippen molar-refractivity contribution in [2.45, 2.75) is 19.8 Å². The normalized spacial score (nSPS) is 10.1. The van der Waals surface area contributed by atoms with Crippen molar-refractivity contribution in [2.24, 2.45) is 0 Å². The Morgan fingerprint density at radius 3 is 3.00 bits per heavy atom. The standard InChI is InChI=1S/C11H18N2O/c1-3-12-6-4-5-10-7-11(14-2)9-13-8-10/h7-9,12H,3-6H2,1-2H3. The predicted molar refractivity (Wildman–Crippen MR) is 57.7 cm³/mol. The first-order valence-corrected chi connectivity index (χ1v) is 5.05. The van der Waals surface area contributed by atoms with Gasteiger partial charge in [0.2, 0.25) is 0 Å². The summed E-state index contributed by atoms with van der Waals surface area (Å²) in [5, 5.41) is 3.30. The van der Waals surface area contributed by atoms with Crippen LogP contribution in [0.4, 0.5) is 0 Å². The van der Waals surface area contributed by atoms with Gasteiger partial charge in [0.15, 0.2) is 0 Å². The highest BCUT2D eigenvalue weighted by atomic mass is 16.5. The van der Waals surface area contributed by atoms with E-state index in [9.17, 15) is 0 Å². The lowest BCUT2D eigenvalue weighted by Crippen LogP contribution is -2.14. The molecule has 0 aliphatic carbocycles. The molecule has 0 aliphatic rings. The van der Waals surface area contributed by atoms with Crippen molar-refractivity contribution >= 4 is 0 Å².